The van der Waals surface area contributed by atoms with Crippen molar-refractivity contribution < 1.29 is 4.74 Å². The number of likely N-dealkylation sites (N-methyl/N-ethyl adjacent to an activating group) is 1. The van der Waals surface area contributed by atoms with E-state index in [0.29, 0.717) is 22.4 Å². The smallest absolute Gasteiger partial charge is 0.177 e. The fourth-order valence-electron chi connectivity index (χ4n) is 1.25. The number of thiophene rings is 1. The van der Waals surface area contributed by atoms with Gasteiger partial charge < -0.3 is 20.7 Å². The van der Waals surface area contributed by atoms with Gasteiger partial charge in [-0.3, -0.25) is 0 Å². The van der Waals surface area contributed by atoms with Crippen LogP contribution in [0.3, 0.4) is 0 Å². The lowest BCUT2D eigenvalue weighted by Gasteiger charge is -2.20. The molecule has 3 N–H and O–H groups in total. The molecule has 1 atom stereocenters. The minimum atomic E-state index is 0.383. The van der Waals surface area contributed by atoms with E-state index in [1.54, 1.807) is 7.11 Å². The summed E-state index contributed by atoms with van der Waals surface area (Å²) in [4.78, 5) is 2.60. The van der Waals surface area contributed by atoms with Crippen molar-refractivity contribution in [3.05, 3.63) is 4.88 Å². The molecule has 0 aromatic carbocycles. The Balaban J connectivity index is 2.81. The summed E-state index contributed by atoms with van der Waals surface area (Å²) < 4.78 is 5.21. The van der Waals surface area contributed by atoms with Gasteiger partial charge in [-0.15, -0.1) is 11.3 Å². The van der Waals surface area contributed by atoms with Gasteiger partial charge in [-0.2, -0.15) is 5.26 Å². The van der Waals surface area contributed by atoms with Crippen LogP contribution in [0.5, 0.6) is 5.75 Å². The molecule has 1 heterocycles. The third-order valence-corrected chi connectivity index (χ3v) is 3.69. The minimum Gasteiger partial charge on any atom is -0.492 e. The van der Waals surface area contributed by atoms with Crippen LogP contribution in [0.15, 0.2) is 0 Å². The van der Waals surface area contributed by atoms with E-state index in [-0.39, 0.29) is 0 Å². The Morgan fingerprint density at radius 2 is 2.24 bits per heavy atom. The monoisotopic (exact) mass is 254 g/mol. The molecule has 5 nitrogen and oxygen atoms in total. The minimum absolute atomic E-state index is 0.383. The van der Waals surface area contributed by atoms with Crippen LogP contribution >= 0.6 is 11.3 Å². The predicted molar refractivity (Wildman–Crippen MR) is 71.6 cm³/mol. The Kier molecular flexibility index (Phi) is 4.61. The maximum Gasteiger partial charge on any atom is 0.177 e. The van der Waals surface area contributed by atoms with Crippen molar-refractivity contribution >= 4 is 22.0 Å². The van der Waals surface area contributed by atoms with Crippen molar-refractivity contribution in [2.24, 2.45) is 0 Å². The molecule has 0 amide bonds. The summed E-state index contributed by atoms with van der Waals surface area (Å²) in [6, 6.07) is 2.45. The highest BCUT2D eigenvalue weighted by molar-refractivity contribution is 7.17. The fraction of sp³-hybridized carbons (Fsp3) is 0.545. The number of hydrogen-bond donors (Lipinski definition) is 2. The van der Waals surface area contributed by atoms with Gasteiger partial charge in [-0.25, -0.2) is 0 Å². The van der Waals surface area contributed by atoms with Crippen LogP contribution in [0.1, 0.15) is 11.8 Å². The highest BCUT2D eigenvalue weighted by Crippen LogP contribution is 2.41. The number of nitrogen functional groups attached to an aromatic ring is 1. The van der Waals surface area contributed by atoms with E-state index in [1.807, 2.05) is 14.1 Å². The van der Waals surface area contributed by atoms with Gasteiger partial charge in [0.05, 0.1) is 7.11 Å². The normalized spacial score (nSPS) is 12.2. The van der Waals surface area contributed by atoms with Crippen LogP contribution < -0.4 is 15.8 Å². The molecule has 0 aliphatic carbocycles. The van der Waals surface area contributed by atoms with Crippen LogP contribution in [0.4, 0.5) is 10.7 Å². The van der Waals surface area contributed by atoms with E-state index in [2.05, 4.69) is 23.2 Å². The van der Waals surface area contributed by atoms with E-state index in [4.69, 9.17) is 15.7 Å². The summed E-state index contributed by atoms with van der Waals surface area (Å²) in [7, 11) is 5.60. The van der Waals surface area contributed by atoms with Gasteiger partial charge in [-0.05, 0) is 21.0 Å². The molecule has 1 aromatic rings. The zero-order valence-corrected chi connectivity index (χ0v) is 11.4. The van der Waals surface area contributed by atoms with Crippen molar-refractivity contribution in [3.63, 3.8) is 0 Å². The van der Waals surface area contributed by atoms with Gasteiger partial charge in [0, 0.05) is 12.6 Å². The van der Waals surface area contributed by atoms with Gasteiger partial charge in [0.15, 0.2) is 5.75 Å². The first-order chi connectivity index (χ1) is 8.01. The zero-order valence-electron chi connectivity index (χ0n) is 10.6. The maximum absolute atomic E-state index is 8.91. The standard InChI is InChI=1S/C11H18N4OS/c1-7(15(2)3)6-14-11-10(16-4)9(13)8(5-12)17-11/h7,14H,6,13H2,1-4H3. The first kappa shape index (κ1) is 13.6. The summed E-state index contributed by atoms with van der Waals surface area (Å²) in [5, 5.41) is 13.0. The predicted octanol–water partition coefficient (Wildman–Crippen LogP) is 1.57. The molecule has 94 valence electrons. The Bertz CT molecular complexity index is 422. The summed E-state index contributed by atoms with van der Waals surface area (Å²) in [6.45, 7) is 2.88. The Labute approximate surface area is 106 Å². The second-order valence-electron chi connectivity index (χ2n) is 4.01. The van der Waals surface area contributed by atoms with Crippen LogP contribution in [0.25, 0.3) is 0 Å². The number of nitrogens with one attached hydrogen (secondary N) is 1. The maximum atomic E-state index is 8.91. The molecule has 0 radical (unpaired) electrons. The SMILES string of the molecule is COc1c(NCC(C)N(C)C)sc(C#N)c1N. The number of anilines is 2. The molecule has 1 unspecified atom stereocenters. The first-order valence-corrected chi connectivity index (χ1v) is 6.09. The second-order valence-corrected chi connectivity index (χ2v) is 5.03. The highest BCUT2D eigenvalue weighted by Gasteiger charge is 2.17. The molecule has 17 heavy (non-hydrogen) atoms. The van der Waals surface area contributed by atoms with Crippen molar-refractivity contribution in [1.82, 2.24) is 4.90 Å². The molecule has 0 aliphatic rings. The van der Waals surface area contributed by atoms with E-state index >= 15 is 0 Å². The molecule has 0 spiro atoms. The largest absolute Gasteiger partial charge is 0.492 e. The average Bonchev–Trinajstić information content (AvgIpc) is 2.61. The Hall–Kier alpha value is -1.45. The summed E-state index contributed by atoms with van der Waals surface area (Å²) in [5.74, 6) is 0.567. The van der Waals surface area contributed by atoms with E-state index in [0.717, 1.165) is 11.5 Å². The molecular weight excluding hydrogens is 236 g/mol. The number of nitrogens with zero attached hydrogens (tertiary/aromatic N) is 2. The van der Waals surface area contributed by atoms with E-state index in [9.17, 15) is 0 Å². The highest BCUT2D eigenvalue weighted by atomic mass is 32.1. The number of nitrogens with two attached hydrogens (primary N) is 1. The van der Waals surface area contributed by atoms with Crippen LogP contribution in [-0.4, -0.2) is 38.7 Å². The van der Waals surface area contributed by atoms with Crippen molar-refractivity contribution in [1.29, 1.82) is 5.26 Å². The molecule has 0 bridgehead atoms. The molecule has 0 aliphatic heterocycles. The zero-order chi connectivity index (χ0) is 13.0. The first-order valence-electron chi connectivity index (χ1n) is 5.27. The van der Waals surface area contributed by atoms with Crippen molar-refractivity contribution in [2.75, 3.05) is 38.8 Å². The Morgan fingerprint density at radius 3 is 2.71 bits per heavy atom. The molecular formula is C11H18N4OS. The second kappa shape index (κ2) is 5.75. The van der Waals surface area contributed by atoms with E-state index in [1.165, 1.54) is 11.3 Å². The lowest BCUT2D eigenvalue weighted by Crippen LogP contribution is -2.31. The molecule has 0 saturated carbocycles. The van der Waals surface area contributed by atoms with Crippen molar-refractivity contribution in [2.45, 2.75) is 13.0 Å². The summed E-state index contributed by atoms with van der Waals surface area (Å²) in [5.41, 5.74) is 6.22. The number of hydrogen-bond acceptors (Lipinski definition) is 6. The summed E-state index contributed by atoms with van der Waals surface area (Å²) >= 11 is 1.32. The van der Waals surface area contributed by atoms with Gasteiger partial charge in [0.2, 0.25) is 0 Å². The number of methoxy groups -OCH3 is 1. The van der Waals surface area contributed by atoms with Crippen LogP contribution in [0.2, 0.25) is 0 Å². The molecule has 0 saturated heterocycles. The number of rotatable bonds is 5. The van der Waals surface area contributed by atoms with Gasteiger partial charge in [0.1, 0.15) is 21.6 Å². The molecule has 0 fully saturated rings. The molecule has 6 heteroatoms. The van der Waals surface area contributed by atoms with Crippen LogP contribution in [0, 0.1) is 11.3 Å². The lowest BCUT2D eigenvalue weighted by atomic mass is 10.3. The lowest BCUT2D eigenvalue weighted by molar-refractivity contribution is 0.326. The molecule has 1 aromatic heterocycles. The number of nitriles is 1. The Morgan fingerprint density at radius 1 is 1.59 bits per heavy atom. The summed E-state index contributed by atoms with van der Waals surface area (Å²) in [6.07, 6.45) is 0. The van der Waals surface area contributed by atoms with E-state index < -0.39 is 0 Å². The van der Waals surface area contributed by atoms with Gasteiger partial charge in [-0.1, -0.05) is 0 Å². The number of ether oxygens (including phenoxy) is 1. The topological polar surface area (TPSA) is 74.3 Å². The third kappa shape index (κ3) is 3.02. The van der Waals surface area contributed by atoms with Crippen molar-refractivity contribution in [3.8, 4) is 11.8 Å². The quantitative estimate of drug-likeness (QED) is 0.834. The van der Waals surface area contributed by atoms with Gasteiger partial charge in [0.25, 0.3) is 0 Å². The fourth-order valence-corrected chi connectivity index (χ4v) is 2.15. The van der Waals surface area contributed by atoms with Gasteiger partial charge >= 0.3 is 0 Å². The molecule has 1 rings (SSSR count). The third-order valence-electron chi connectivity index (χ3n) is 2.64. The average molecular weight is 254 g/mol. The van der Waals surface area contributed by atoms with Crippen LogP contribution in [-0.2, 0) is 0 Å².